The van der Waals surface area contributed by atoms with Gasteiger partial charge < -0.3 is 25.2 Å². The lowest BCUT2D eigenvalue weighted by atomic mass is 10.1. The van der Waals surface area contributed by atoms with Crippen LogP contribution >= 0.6 is 0 Å². The minimum absolute atomic E-state index is 0.0578. The maximum atomic E-state index is 13.2. The molecule has 13 heteroatoms. The molecular weight excluding hydrogens is 460 g/mol. The first-order valence-corrected chi connectivity index (χ1v) is 12.2. The maximum Gasteiger partial charge on any atom is 0.387 e. The van der Waals surface area contributed by atoms with Gasteiger partial charge in [-0.2, -0.15) is 13.5 Å². The van der Waals surface area contributed by atoms with E-state index in [0.717, 1.165) is 6.07 Å². The van der Waals surface area contributed by atoms with E-state index in [-0.39, 0.29) is 31.1 Å². The summed E-state index contributed by atoms with van der Waals surface area (Å²) in [5, 5.41) is 0. The average Bonchev–Trinajstić information content (AvgIpc) is 2.78. The van der Waals surface area contributed by atoms with E-state index in [2.05, 4.69) is 9.46 Å². The molecule has 3 N–H and O–H groups in total. The molecule has 0 bridgehead atoms. The number of hydrogen-bond donors (Lipinski definition) is 2. The third-order valence-corrected chi connectivity index (χ3v) is 7.21. The number of sulfonamides is 1. The van der Waals surface area contributed by atoms with Crippen molar-refractivity contribution in [2.75, 3.05) is 51.2 Å². The SMILES string of the molecule is CN1CCN(C(=O)[C@H](CN)NS(=O)(=O)c2cccc(N3CCCCC3=O)c2OC(F)F)CC1. The zero-order valence-electron chi connectivity index (χ0n) is 18.4. The van der Waals surface area contributed by atoms with Gasteiger partial charge in [0.25, 0.3) is 0 Å². The molecule has 184 valence electrons. The Kier molecular flexibility index (Phi) is 8.21. The van der Waals surface area contributed by atoms with Gasteiger partial charge in [-0.25, -0.2) is 8.42 Å². The Morgan fingerprint density at radius 2 is 1.88 bits per heavy atom. The number of piperazine rings is 1. The van der Waals surface area contributed by atoms with Crippen LogP contribution in [0.25, 0.3) is 0 Å². The number of likely N-dealkylation sites (N-methyl/N-ethyl adjacent to an activating group) is 1. The summed E-state index contributed by atoms with van der Waals surface area (Å²) in [4.78, 5) is 29.4. The minimum Gasteiger partial charge on any atom is -0.431 e. The van der Waals surface area contributed by atoms with Gasteiger partial charge in [0.1, 0.15) is 10.9 Å². The molecule has 2 heterocycles. The molecular formula is C20H29F2N5O5S. The molecule has 2 fully saturated rings. The highest BCUT2D eigenvalue weighted by Gasteiger charge is 2.34. The number of nitrogens with two attached hydrogens (primary N) is 1. The second kappa shape index (κ2) is 10.7. The normalized spacial score (nSPS) is 19.1. The van der Waals surface area contributed by atoms with Crippen LogP contribution in [0.5, 0.6) is 5.75 Å². The van der Waals surface area contributed by atoms with Gasteiger partial charge in [-0.3, -0.25) is 9.59 Å². The third kappa shape index (κ3) is 5.96. The van der Waals surface area contributed by atoms with Gasteiger partial charge in [-0.15, -0.1) is 0 Å². The summed E-state index contributed by atoms with van der Waals surface area (Å²) in [5.41, 5.74) is 5.63. The van der Waals surface area contributed by atoms with Gasteiger partial charge in [0.15, 0.2) is 5.75 Å². The lowest BCUT2D eigenvalue weighted by Gasteiger charge is -2.34. The number of anilines is 1. The molecule has 0 spiro atoms. The van der Waals surface area contributed by atoms with Crippen LogP contribution in [0.15, 0.2) is 23.1 Å². The molecule has 0 aliphatic carbocycles. The highest BCUT2D eigenvalue weighted by molar-refractivity contribution is 7.89. The number of carbonyl (C=O) groups excluding carboxylic acids is 2. The predicted molar refractivity (Wildman–Crippen MR) is 117 cm³/mol. The fraction of sp³-hybridized carbons (Fsp3) is 0.600. The standard InChI is InChI=1S/C20H29F2N5O5S/c1-25-9-11-26(12-10-25)19(29)14(13-23)24-33(30,31)16-6-4-5-15(18(16)32-20(21)22)27-8-3-2-7-17(27)28/h4-6,14,20,24H,2-3,7-13,23H2,1H3/t14-/m0/s1. The molecule has 10 nitrogen and oxygen atoms in total. The van der Waals surface area contributed by atoms with Crippen LogP contribution in [0.3, 0.4) is 0 Å². The Balaban J connectivity index is 1.91. The average molecular weight is 490 g/mol. The van der Waals surface area contributed by atoms with Crippen molar-refractivity contribution in [2.24, 2.45) is 5.73 Å². The van der Waals surface area contributed by atoms with Crippen molar-refractivity contribution in [3.63, 3.8) is 0 Å². The third-order valence-electron chi connectivity index (χ3n) is 5.71. The van der Waals surface area contributed by atoms with E-state index < -0.39 is 39.2 Å². The van der Waals surface area contributed by atoms with Crippen molar-refractivity contribution in [1.29, 1.82) is 0 Å². The van der Waals surface area contributed by atoms with Gasteiger partial charge in [0.2, 0.25) is 21.8 Å². The summed E-state index contributed by atoms with van der Waals surface area (Å²) < 4.78 is 59.7. The highest BCUT2D eigenvalue weighted by Crippen LogP contribution is 2.37. The van der Waals surface area contributed by atoms with E-state index >= 15 is 0 Å². The quantitative estimate of drug-likeness (QED) is 0.534. The Hall–Kier alpha value is -2.35. The van der Waals surface area contributed by atoms with E-state index in [4.69, 9.17) is 5.73 Å². The molecule has 2 saturated heterocycles. The summed E-state index contributed by atoms with van der Waals surface area (Å²) in [7, 11) is -2.59. The van der Waals surface area contributed by atoms with Crippen molar-refractivity contribution < 1.29 is 31.5 Å². The number of ether oxygens (including phenoxy) is 1. The largest absolute Gasteiger partial charge is 0.431 e. The molecule has 2 aliphatic rings. The van der Waals surface area contributed by atoms with Gasteiger partial charge in [0, 0.05) is 45.7 Å². The van der Waals surface area contributed by atoms with E-state index in [1.165, 1.54) is 21.9 Å². The number of nitrogens with zero attached hydrogens (tertiary/aromatic N) is 3. The van der Waals surface area contributed by atoms with Crippen LogP contribution in [0, 0.1) is 0 Å². The smallest absolute Gasteiger partial charge is 0.387 e. The number of para-hydroxylation sites is 1. The highest BCUT2D eigenvalue weighted by atomic mass is 32.2. The molecule has 1 aromatic carbocycles. The van der Waals surface area contributed by atoms with Gasteiger partial charge in [-0.1, -0.05) is 6.07 Å². The number of piperidine rings is 1. The van der Waals surface area contributed by atoms with Crippen molar-refractivity contribution in [3.05, 3.63) is 18.2 Å². The summed E-state index contributed by atoms with van der Waals surface area (Å²) >= 11 is 0. The zero-order valence-corrected chi connectivity index (χ0v) is 19.2. The molecule has 0 saturated carbocycles. The number of nitrogens with one attached hydrogen (secondary N) is 1. The Bertz CT molecular complexity index is 970. The van der Waals surface area contributed by atoms with E-state index in [0.29, 0.717) is 39.0 Å². The van der Waals surface area contributed by atoms with Crippen LogP contribution in [0.1, 0.15) is 19.3 Å². The lowest BCUT2D eigenvalue weighted by Crippen LogP contribution is -2.56. The summed E-state index contributed by atoms with van der Waals surface area (Å²) in [6.07, 6.45) is 1.52. The summed E-state index contributed by atoms with van der Waals surface area (Å²) in [5.74, 6) is -1.45. The molecule has 1 aromatic rings. The number of hydrogen-bond acceptors (Lipinski definition) is 7. The topological polar surface area (TPSA) is 125 Å². The van der Waals surface area contributed by atoms with Crippen LogP contribution in [0.2, 0.25) is 0 Å². The van der Waals surface area contributed by atoms with Crippen molar-refractivity contribution in [3.8, 4) is 5.75 Å². The van der Waals surface area contributed by atoms with Crippen LogP contribution < -0.4 is 20.1 Å². The number of benzene rings is 1. The maximum absolute atomic E-state index is 13.2. The fourth-order valence-corrected chi connectivity index (χ4v) is 5.25. The van der Waals surface area contributed by atoms with E-state index in [1.54, 1.807) is 0 Å². The van der Waals surface area contributed by atoms with Gasteiger partial charge in [-0.05, 0) is 32.0 Å². The Morgan fingerprint density at radius 1 is 1.18 bits per heavy atom. The molecule has 0 unspecified atom stereocenters. The van der Waals surface area contributed by atoms with Gasteiger partial charge in [0.05, 0.1) is 5.69 Å². The van der Waals surface area contributed by atoms with E-state index in [9.17, 15) is 26.8 Å². The monoisotopic (exact) mass is 489 g/mol. The second-order valence-corrected chi connectivity index (χ2v) is 9.71. The van der Waals surface area contributed by atoms with E-state index in [1.807, 2.05) is 11.9 Å². The Labute approximate surface area is 191 Å². The molecule has 2 amide bonds. The first-order chi connectivity index (χ1) is 15.6. The number of alkyl halides is 2. The molecule has 33 heavy (non-hydrogen) atoms. The molecule has 0 aromatic heterocycles. The first-order valence-electron chi connectivity index (χ1n) is 10.7. The van der Waals surface area contributed by atoms with Crippen molar-refractivity contribution >= 4 is 27.5 Å². The number of halogens is 2. The van der Waals surface area contributed by atoms with Crippen molar-refractivity contribution in [1.82, 2.24) is 14.5 Å². The van der Waals surface area contributed by atoms with Crippen LogP contribution in [-0.2, 0) is 19.6 Å². The Morgan fingerprint density at radius 3 is 2.48 bits per heavy atom. The molecule has 3 rings (SSSR count). The van der Waals surface area contributed by atoms with Gasteiger partial charge >= 0.3 is 6.61 Å². The van der Waals surface area contributed by atoms with Crippen LogP contribution in [0.4, 0.5) is 14.5 Å². The number of amides is 2. The first kappa shape index (κ1) is 25.3. The minimum atomic E-state index is -4.51. The zero-order chi connectivity index (χ0) is 24.2. The van der Waals surface area contributed by atoms with Crippen molar-refractivity contribution in [2.45, 2.75) is 36.8 Å². The lowest BCUT2D eigenvalue weighted by molar-refractivity contribution is -0.134. The number of rotatable bonds is 8. The fourth-order valence-electron chi connectivity index (χ4n) is 3.89. The molecule has 0 radical (unpaired) electrons. The molecule has 1 atom stereocenters. The second-order valence-electron chi connectivity index (χ2n) is 8.02. The summed E-state index contributed by atoms with van der Waals surface area (Å²) in [6, 6.07) is 2.50. The summed E-state index contributed by atoms with van der Waals surface area (Å²) in [6.45, 7) is -1.29. The number of carbonyl (C=O) groups is 2. The predicted octanol–water partition coefficient (Wildman–Crippen LogP) is 0.185. The van der Waals surface area contributed by atoms with Crippen LogP contribution in [-0.4, -0.2) is 89.0 Å². The molecule has 2 aliphatic heterocycles.